The van der Waals surface area contributed by atoms with Crippen molar-refractivity contribution in [1.29, 1.82) is 0 Å². The number of carbonyl (C=O) groups excluding carboxylic acids is 1. The number of hydrogen-bond donors (Lipinski definition) is 1. The molecule has 0 bridgehead atoms. The molecule has 0 aliphatic carbocycles. The maximum atomic E-state index is 13.0. The van der Waals surface area contributed by atoms with Gasteiger partial charge in [-0.05, 0) is 32.9 Å². The van der Waals surface area contributed by atoms with Gasteiger partial charge in [0.05, 0.1) is 23.1 Å². The number of aliphatic imine (C=N–C) groups is 1. The molecule has 2 aliphatic heterocycles. The zero-order valence-corrected chi connectivity index (χ0v) is 16.6. The standard InChI is InChI=1S/C19H21NO4S2/c1-4-24-18(22)15-16(21)19(10-12(2)13(3)11-26(19)23)25-17(15)20-14-8-6-5-7-9-14/h5-9,21H,4,10-11H2,1-3H3/t19-,26+/m0/s1. The Bertz CT molecular complexity index is 858. The zero-order chi connectivity index (χ0) is 18.9. The minimum absolute atomic E-state index is 0.0291. The normalized spacial score (nSPS) is 27.5. The number of thioether (sulfide) groups is 1. The van der Waals surface area contributed by atoms with Crippen LogP contribution in [0.5, 0.6) is 0 Å². The molecule has 1 N–H and O–H groups in total. The van der Waals surface area contributed by atoms with Crippen LogP contribution in [0.2, 0.25) is 0 Å². The van der Waals surface area contributed by atoms with Crippen LogP contribution >= 0.6 is 11.8 Å². The summed E-state index contributed by atoms with van der Waals surface area (Å²) in [5.74, 6) is -0.441. The summed E-state index contributed by atoms with van der Waals surface area (Å²) in [4.78, 5) is 17.0. The van der Waals surface area contributed by atoms with E-state index in [-0.39, 0.29) is 17.9 Å². The second-order valence-corrected chi connectivity index (χ2v) is 9.50. The summed E-state index contributed by atoms with van der Waals surface area (Å²) in [7, 11) is -1.37. The van der Waals surface area contributed by atoms with Crippen molar-refractivity contribution in [2.24, 2.45) is 4.99 Å². The number of aliphatic hydroxyl groups is 1. The first-order valence-corrected chi connectivity index (χ1v) is 10.5. The van der Waals surface area contributed by atoms with Crippen molar-refractivity contribution in [3.63, 3.8) is 0 Å². The number of para-hydroxylation sites is 1. The molecular formula is C19H21NO4S2. The van der Waals surface area contributed by atoms with E-state index in [4.69, 9.17) is 4.74 Å². The minimum atomic E-state index is -1.37. The molecule has 0 amide bonds. The molecule has 5 nitrogen and oxygen atoms in total. The topological polar surface area (TPSA) is 76.0 Å². The average molecular weight is 392 g/mol. The second-order valence-electron chi connectivity index (χ2n) is 6.28. The van der Waals surface area contributed by atoms with Crippen molar-refractivity contribution < 1.29 is 18.8 Å². The number of esters is 1. The quantitative estimate of drug-likeness (QED) is 0.622. The zero-order valence-electron chi connectivity index (χ0n) is 14.9. The Kier molecular flexibility index (Phi) is 5.39. The smallest absolute Gasteiger partial charge is 0.344 e. The highest BCUT2D eigenvalue weighted by molar-refractivity contribution is 8.23. The van der Waals surface area contributed by atoms with E-state index in [2.05, 4.69) is 4.99 Å². The van der Waals surface area contributed by atoms with Gasteiger partial charge in [0.1, 0.15) is 16.4 Å². The Balaban J connectivity index is 2.12. The van der Waals surface area contributed by atoms with Crippen LogP contribution in [0.3, 0.4) is 0 Å². The minimum Gasteiger partial charge on any atom is -0.509 e. The highest BCUT2D eigenvalue weighted by Gasteiger charge is 2.54. The van der Waals surface area contributed by atoms with Crippen molar-refractivity contribution in [3.05, 3.63) is 52.8 Å². The first-order chi connectivity index (χ1) is 12.4. The molecule has 0 radical (unpaired) electrons. The van der Waals surface area contributed by atoms with Crippen LogP contribution < -0.4 is 0 Å². The third-order valence-electron chi connectivity index (χ3n) is 4.48. The summed E-state index contributed by atoms with van der Waals surface area (Å²) in [6, 6.07) is 9.19. The van der Waals surface area contributed by atoms with Gasteiger partial charge in [-0.1, -0.05) is 41.1 Å². The maximum absolute atomic E-state index is 13.0. The van der Waals surface area contributed by atoms with Crippen LogP contribution in [0.1, 0.15) is 27.2 Å². The van der Waals surface area contributed by atoms with Crippen LogP contribution in [-0.2, 0) is 20.3 Å². The largest absolute Gasteiger partial charge is 0.509 e. The highest BCUT2D eigenvalue weighted by Crippen LogP contribution is 2.52. The maximum Gasteiger partial charge on any atom is 0.344 e. The third kappa shape index (κ3) is 3.25. The summed E-state index contributed by atoms with van der Waals surface area (Å²) in [5.41, 5.74) is 2.83. The highest BCUT2D eigenvalue weighted by atomic mass is 32.2. The van der Waals surface area contributed by atoms with Crippen molar-refractivity contribution in [3.8, 4) is 0 Å². The van der Waals surface area contributed by atoms with E-state index in [9.17, 15) is 14.1 Å². The van der Waals surface area contributed by atoms with E-state index in [1.54, 1.807) is 6.92 Å². The molecule has 1 aromatic rings. The van der Waals surface area contributed by atoms with Crippen molar-refractivity contribution in [1.82, 2.24) is 0 Å². The lowest BCUT2D eigenvalue weighted by atomic mass is 10.0. The molecule has 0 aromatic heterocycles. The first-order valence-electron chi connectivity index (χ1n) is 8.36. The van der Waals surface area contributed by atoms with Gasteiger partial charge >= 0.3 is 5.97 Å². The van der Waals surface area contributed by atoms with Crippen molar-refractivity contribution in [2.75, 3.05) is 12.4 Å². The fraction of sp³-hybridized carbons (Fsp3) is 0.368. The van der Waals surface area contributed by atoms with E-state index < -0.39 is 20.8 Å². The van der Waals surface area contributed by atoms with Gasteiger partial charge in [0.25, 0.3) is 0 Å². The molecular weight excluding hydrogens is 370 g/mol. The molecule has 2 heterocycles. The van der Waals surface area contributed by atoms with E-state index in [0.29, 0.717) is 22.9 Å². The summed E-state index contributed by atoms with van der Waals surface area (Å²) in [6.45, 7) is 5.81. The lowest BCUT2D eigenvalue weighted by Gasteiger charge is -2.32. The molecule has 1 spiro atoms. The van der Waals surface area contributed by atoms with Gasteiger partial charge in [-0.2, -0.15) is 0 Å². The van der Waals surface area contributed by atoms with Crippen LogP contribution in [0.4, 0.5) is 5.69 Å². The molecule has 0 saturated heterocycles. The van der Waals surface area contributed by atoms with Crippen LogP contribution in [0, 0.1) is 0 Å². The van der Waals surface area contributed by atoms with Crippen molar-refractivity contribution in [2.45, 2.75) is 31.3 Å². The SMILES string of the molecule is CCOC(=O)C1=C(O)[C@@]2(CC(C)=C(C)C[S@]2=O)SC1=Nc1ccccc1. The van der Waals surface area contributed by atoms with E-state index in [1.165, 1.54) is 11.8 Å². The second kappa shape index (κ2) is 7.40. The fourth-order valence-corrected chi connectivity index (χ4v) is 6.51. The van der Waals surface area contributed by atoms with Gasteiger partial charge in [0.2, 0.25) is 0 Å². The predicted octanol–water partition coefficient (Wildman–Crippen LogP) is 4.02. The number of carbonyl (C=O) groups is 1. The molecule has 0 unspecified atom stereocenters. The van der Waals surface area contributed by atoms with Crippen LogP contribution in [0.25, 0.3) is 0 Å². The van der Waals surface area contributed by atoms with Gasteiger partial charge in [-0.25, -0.2) is 9.79 Å². The number of allylic oxidation sites excluding steroid dienone is 1. The van der Waals surface area contributed by atoms with Crippen LogP contribution in [0.15, 0.2) is 57.8 Å². The molecule has 7 heteroatoms. The Hall–Kier alpha value is -1.86. The van der Waals surface area contributed by atoms with Gasteiger partial charge in [-0.3, -0.25) is 4.21 Å². The molecule has 0 saturated carbocycles. The molecule has 3 rings (SSSR count). The van der Waals surface area contributed by atoms with E-state index in [0.717, 1.165) is 11.1 Å². The third-order valence-corrected chi connectivity index (χ3v) is 8.21. The molecule has 2 atom stereocenters. The molecule has 1 aromatic carbocycles. The molecule has 26 heavy (non-hydrogen) atoms. The van der Waals surface area contributed by atoms with E-state index >= 15 is 0 Å². The number of benzene rings is 1. The lowest BCUT2D eigenvalue weighted by molar-refractivity contribution is -0.138. The number of nitrogens with zero attached hydrogens (tertiary/aromatic N) is 1. The Morgan fingerprint density at radius 2 is 2.00 bits per heavy atom. The molecule has 2 aliphatic rings. The number of aliphatic hydroxyl groups excluding tert-OH is 1. The summed E-state index contributed by atoms with van der Waals surface area (Å²) >= 11 is 1.20. The Morgan fingerprint density at radius 3 is 2.65 bits per heavy atom. The van der Waals surface area contributed by atoms with Gasteiger partial charge < -0.3 is 9.84 Å². The first kappa shape index (κ1) is 18.9. The van der Waals surface area contributed by atoms with Crippen LogP contribution in [-0.4, -0.2) is 36.8 Å². The number of rotatable bonds is 3. The van der Waals surface area contributed by atoms with Gasteiger partial charge in [0.15, 0.2) is 4.08 Å². The number of ether oxygens (including phenoxy) is 1. The Labute approximate surface area is 159 Å². The van der Waals surface area contributed by atoms with Gasteiger partial charge in [0, 0.05) is 12.2 Å². The van der Waals surface area contributed by atoms with Crippen molar-refractivity contribution >= 4 is 39.3 Å². The monoisotopic (exact) mass is 391 g/mol. The average Bonchev–Trinajstić information content (AvgIpc) is 2.87. The summed E-state index contributed by atoms with van der Waals surface area (Å²) in [5, 5.41) is 11.3. The van der Waals surface area contributed by atoms with E-state index in [1.807, 2.05) is 44.2 Å². The van der Waals surface area contributed by atoms with Gasteiger partial charge in [-0.15, -0.1) is 0 Å². The lowest BCUT2D eigenvalue weighted by Crippen LogP contribution is -2.37. The fourth-order valence-electron chi connectivity index (χ4n) is 2.92. The predicted molar refractivity (Wildman–Crippen MR) is 106 cm³/mol. The molecule has 0 fully saturated rings. The Morgan fingerprint density at radius 1 is 1.31 bits per heavy atom. The summed E-state index contributed by atoms with van der Waals surface area (Å²) < 4.78 is 17.0. The molecule has 138 valence electrons. The summed E-state index contributed by atoms with van der Waals surface area (Å²) in [6.07, 6.45) is 0.415. The number of hydrogen-bond acceptors (Lipinski definition) is 6.